The zero-order chi connectivity index (χ0) is 15.0. The van der Waals surface area contributed by atoms with E-state index in [4.69, 9.17) is 5.11 Å². The van der Waals surface area contributed by atoms with Gasteiger partial charge in [-0.05, 0) is 29.0 Å². The van der Waals surface area contributed by atoms with Crippen molar-refractivity contribution in [2.45, 2.75) is 19.5 Å². The van der Waals surface area contributed by atoms with Gasteiger partial charge in [0.15, 0.2) is 0 Å². The molecule has 6 nitrogen and oxygen atoms in total. The van der Waals surface area contributed by atoms with E-state index in [-0.39, 0.29) is 6.54 Å². The van der Waals surface area contributed by atoms with E-state index < -0.39 is 5.97 Å². The van der Waals surface area contributed by atoms with Crippen molar-refractivity contribution in [3.63, 3.8) is 0 Å². The third-order valence-electron chi connectivity index (χ3n) is 3.59. The summed E-state index contributed by atoms with van der Waals surface area (Å²) >= 11 is 3.41. The van der Waals surface area contributed by atoms with Crippen molar-refractivity contribution in [1.82, 2.24) is 19.7 Å². The van der Waals surface area contributed by atoms with Crippen LogP contribution in [0.3, 0.4) is 0 Å². The lowest BCUT2D eigenvalue weighted by molar-refractivity contribution is -0.137. The normalized spacial score (nSPS) is 15.0. The smallest absolute Gasteiger partial charge is 0.325 e. The number of carboxylic acids is 1. The Balaban J connectivity index is 2.11. The van der Waals surface area contributed by atoms with Gasteiger partial charge < -0.3 is 10.0 Å². The summed E-state index contributed by atoms with van der Waals surface area (Å²) in [6.07, 6.45) is 4.29. The summed E-state index contributed by atoms with van der Waals surface area (Å²) in [5, 5.41) is 13.6. The molecule has 21 heavy (non-hydrogen) atoms. The lowest BCUT2D eigenvalue weighted by Crippen LogP contribution is -2.28. The number of hydrogen-bond donors (Lipinski definition) is 1. The number of carboxylic acid groups (broad SMARTS) is 1. The van der Waals surface area contributed by atoms with Gasteiger partial charge in [0.25, 0.3) is 0 Å². The topological polar surface area (TPSA) is 71.2 Å². The molecule has 2 aromatic heterocycles. The molecule has 0 saturated heterocycles. The highest BCUT2D eigenvalue weighted by Gasteiger charge is 2.25. The van der Waals surface area contributed by atoms with E-state index in [1.165, 1.54) is 0 Å². The van der Waals surface area contributed by atoms with Gasteiger partial charge in [-0.15, -0.1) is 0 Å². The Labute approximate surface area is 130 Å². The van der Waals surface area contributed by atoms with Crippen molar-refractivity contribution in [1.29, 1.82) is 0 Å². The van der Waals surface area contributed by atoms with Crippen molar-refractivity contribution in [3.8, 4) is 11.3 Å². The molecule has 1 N–H and O–H groups in total. The van der Waals surface area contributed by atoms with Gasteiger partial charge in [-0.3, -0.25) is 14.5 Å². The summed E-state index contributed by atoms with van der Waals surface area (Å²) in [7, 11) is 2.06. The van der Waals surface area contributed by atoms with Gasteiger partial charge in [-0.2, -0.15) is 5.10 Å². The molecule has 1 aliphatic rings. The molecule has 0 radical (unpaired) electrons. The van der Waals surface area contributed by atoms with Crippen LogP contribution in [0.1, 0.15) is 11.3 Å². The van der Waals surface area contributed by atoms with Crippen molar-refractivity contribution in [3.05, 3.63) is 34.2 Å². The monoisotopic (exact) mass is 350 g/mol. The van der Waals surface area contributed by atoms with E-state index >= 15 is 0 Å². The molecule has 0 aliphatic carbocycles. The Hall–Kier alpha value is -1.73. The minimum absolute atomic E-state index is 0.104. The highest BCUT2D eigenvalue weighted by Crippen LogP contribution is 2.30. The maximum absolute atomic E-state index is 11.0. The first kappa shape index (κ1) is 14.2. The summed E-state index contributed by atoms with van der Waals surface area (Å²) in [4.78, 5) is 17.4. The summed E-state index contributed by atoms with van der Waals surface area (Å²) in [5.41, 5.74) is 3.85. The number of likely N-dealkylation sites (N-methyl/N-ethyl adjacent to an activating group) is 1. The summed E-state index contributed by atoms with van der Waals surface area (Å²) < 4.78 is 2.49. The molecule has 0 fully saturated rings. The third kappa shape index (κ3) is 2.84. The maximum atomic E-state index is 11.0. The molecule has 7 heteroatoms. The average Bonchev–Trinajstić information content (AvgIpc) is 2.76. The Morgan fingerprint density at radius 3 is 3.00 bits per heavy atom. The van der Waals surface area contributed by atoms with Gasteiger partial charge in [-0.25, -0.2) is 0 Å². The molecule has 1 aliphatic heterocycles. The second kappa shape index (κ2) is 5.57. The minimum Gasteiger partial charge on any atom is -0.480 e. The number of hydrogen-bond acceptors (Lipinski definition) is 4. The molecule has 0 atom stereocenters. The van der Waals surface area contributed by atoms with Gasteiger partial charge in [-0.1, -0.05) is 0 Å². The fourth-order valence-electron chi connectivity index (χ4n) is 2.66. The number of aromatic nitrogens is 3. The molecule has 3 heterocycles. The second-order valence-corrected chi connectivity index (χ2v) is 6.12. The summed E-state index contributed by atoms with van der Waals surface area (Å²) in [6.45, 7) is 1.58. The summed E-state index contributed by atoms with van der Waals surface area (Å²) in [6, 6.07) is 1.95. The lowest BCUT2D eigenvalue weighted by Gasteiger charge is -2.23. The zero-order valence-corrected chi connectivity index (χ0v) is 13.2. The van der Waals surface area contributed by atoms with Crippen LogP contribution < -0.4 is 0 Å². The molecule has 3 rings (SSSR count). The van der Waals surface area contributed by atoms with Crippen molar-refractivity contribution < 1.29 is 9.90 Å². The number of pyridine rings is 1. The molecule has 0 aromatic carbocycles. The van der Waals surface area contributed by atoms with Gasteiger partial charge in [0, 0.05) is 53.2 Å². The average molecular weight is 351 g/mol. The maximum Gasteiger partial charge on any atom is 0.325 e. The van der Waals surface area contributed by atoms with E-state index in [2.05, 4.69) is 38.0 Å². The highest BCUT2D eigenvalue weighted by molar-refractivity contribution is 9.10. The molecule has 110 valence electrons. The Morgan fingerprint density at radius 1 is 1.48 bits per heavy atom. The number of nitrogens with zero attached hydrogens (tertiary/aromatic N) is 4. The molecule has 0 unspecified atom stereocenters. The van der Waals surface area contributed by atoms with Crippen LogP contribution in [-0.2, 0) is 24.3 Å². The standard InChI is InChI=1S/C14H15BrN4O2/c1-18-3-2-12-11(7-18)14(17-19(12)8-13(20)21)9-4-10(15)6-16-5-9/h4-6H,2-3,7-8H2,1H3,(H,20,21). The molecule has 0 spiro atoms. The highest BCUT2D eigenvalue weighted by atomic mass is 79.9. The fraction of sp³-hybridized carbons (Fsp3) is 0.357. The van der Waals surface area contributed by atoms with Crippen LogP contribution in [0, 0.1) is 0 Å². The van der Waals surface area contributed by atoms with E-state index in [0.717, 1.165) is 46.5 Å². The first-order valence-corrected chi connectivity index (χ1v) is 7.43. The van der Waals surface area contributed by atoms with Crippen molar-refractivity contribution in [2.24, 2.45) is 0 Å². The van der Waals surface area contributed by atoms with Gasteiger partial charge in [0.2, 0.25) is 0 Å². The van der Waals surface area contributed by atoms with Gasteiger partial charge >= 0.3 is 5.97 Å². The fourth-order valence-corrected chi connectivity index (χ4v) is 3.02. The Morgan fingerprint density at radius 2 is 2.29 bits per heavy atom. The van der Waals surface area contributed by atoms with Crippen LogP contribution in [-0.4, -0.2) is 44.3 Å². The minimum atomic E-state index is -0.877. The largest absolute Gasteiger partial charge is 0.480 e. The predicted octanol–water partition coefficient (Wildman–Crippen LogP) is 1.78. The molecular weight excluding hydrogens is 336 g/mol. The molecule has 0 saturated carbocycles. The van der Waals surface area contributed by atoms with Gasteiger partial charge in [0.05, 0.1) is 5.69 Å². The Kier molecular flexibility index (Phi) is 3.77. The van der Waals surface area contributed by atoms with Crippen LogP contribution in [0.15, 0.2) is 22.9 Å². The second-order valence-electron chi connectivity index (χ2n) is 5.20. The van der Waals surface area contributed by atoms with E-state index in [1.807, 2.05) is 6.07 Å². The van der Waals surface area contributed by atoms with Crippen LogP contribution in [0.4, 0.5) is 0 Å². The zero-order valence-electron chi connectivity index (χ0n) is 11.6. The van der Waals surface area contributed by atoms with Crippen molar-refractivity contribution in [2.75, 3.05) is 13.6 Å². The van der Waals surface area contributed by atoms with Crippen LogP contribution >= 0.6 is 15.9 Å². The molecular formula is C14H15BrN4O2. The molecule has 0 bridgehead atoms. The van der Waals surface area contributed by atoms with E-state index in [1.54, 1.807) is 17.1 Å². The van der Waals surface area contributed by atoms with E-state index in [9.17, 15) is 4.79 Å². The number of carbonyl (C=O) groups is 1. The number of aliphatic carboxylic acids is 1. The van der Waals surface area contributed by atoms with Gasteiger partial charge in [0.1, 0.15) is 6.54 Å². The predicted molar refractivity (Wildman–Crippen MR) is 80.8 cm³/mol. The number of rotatable bonds is 3. The van der Waals surface area contributed by atoms with Crippen LogP contribution in [0.2, 0.25) is 0 Å². The van der Waals surface area contributed by atoms with Crippen LogP contribution in [0.25, 0.3) is 11.3 Å². The Bertz CT molecular complexity index is 698. The van der Waals surface area contributed by atoms with Crippen LogP contribution in [0.5, 0.6) is 0 Å². The number of fused-ring (bicyclic) bond motifs is 1. The molecule has 0 amide bonds. The quantitative estimate of drug-likeness (QED) is 0.913. The SMILES string of the molecule is CN1CCc2c(c(-c3cncc(Br)c3)nn2CC(=O)O)C1. The first-order valence-electron chi connectivity index (χ1n) is 6.64. The first-order chi connectivity index (χ1) is 10.0. The number of halogens is 1. The van der Waals surface area contributed by atoms with Crippen molar-refractivity contribution >= 4 is 21.9 Å². The van der Waals surface area contributed by atoms with E-state index in [0.29, 0.717) is 0 Å². The third-order valence-corrected chi connectivity index (χ3v) is 4.02. The molecule has 2 aromatic rings. The summed E-state index contributed by atoms with van der Waals surface area (Å²) in [5.74, 6) is -0.877. The lowest BCUT2D eigenvalue weighted by atomic mass is 10.0.